The molecule has 4 fully saturated rings. The molecule has 2 atom stereocenters. The van der Waals surface area contributed by atoms with Crippen molar-refractivity contribution in [1.29, 1.82) is 0 Å². The van der Waals surface area contributed by atoms with Crippen molar-refractivity contribution in [3.05, 3.63) is 0 Å². The first-order chi connectivity index (χ1) is 13.3. The van der Waals surface area contributed by atoms with Crippen molar-refractivity contribution in [3.8, 4) is 0 Å². The summed E-state index contributed by atoms with van der Waals surface area (Å²) in [5.74, 6) is 0.581. The summed E-state index contributed by atoms with van der Waals surface area (Å²) >= 11 is 0. The van der Waals surface area contributed by atoms with Crippen molar-refractivity contribution in [2.75, 3.05) is 0 Å². The van der Waals surface area contributed by atoms with Crippen molar-refractivity contribution in [2.24, 2.45) is 10.8 Å². The van der Waals surface area contributed by atoms with Gasteiger partial charge in [0.05, 0.1) is 15.7 Å². The molecule has 28 heavy (non-hydrogen) atoms. The van der Waals surface area contributed by atoms with Gasteiger partial charge in [0.1, 0.15) is 5.78 Å². The summed E-state index contributed by atoms with van der Waals surface area (Å²) in [5.41, 5.74) is 0.678. The monoisotopic (exact) mass is 409 g/mol. The highest BCUT2D eigenvalue weighted by molar-refractivity contribution is 7.84. The van der Waals surface area contributed by atoms with Crippen LogP contribution in [0.5, 0.6) is 0 Å². The minimum atomic E-state index is -0.905. The molecule has 162 valence electrons. The standard InChI is InChI=1S/C14H27NOS.C10H16O/c1-13(2,3)17(16)15-12-8-7-11-14(12)9-5-4-6-10-14;11-9-5-4-8-10(9)6-2-1-3-7-10/h12,15H,4-11H2,1-3H3;1-8H2/t12-,17-;/m1./s1. The van der Waals surface area contributed by atoms with E-state index in [1.807, 2.05) is 0 Å². The summed E-state index contributed by atoms with van der Waals surface area (Å²) in [4.78, 5) is 11.6. The molecule has 0 heterocycles. The fraction of sp³-hybridized carbons (Fsp3) is 0.958. The fourth-order valence-electron chi connectivity index (χ4n) is 6.23. The summed E-state index contributed by atoms with van der Waals surface area (Å²) in [6, 6.07) is 0.503. The predicted molar refractivity (Wildman–Crippen MR) is 119 cm³/mol. The maximum absolute atomic E-state index is 12.2. The molecule has 1 N–H and O–H groups in total. The minimum absolute atomic E-state index is 0.140. The average molecular weight is 410 g/mol. The molecule has 4 heteroatoms. The number of ketones is 1. The van der Waals surface area contributed by atoms with E-state index in [9.17, 15) is 9.00 Å². The summed E-state index contributed by atoms with van der Waals surface area (Å²) in [5, 5.41) is 0. The first kappa shape index (κ1) is 22.5. The van der Waals surface area contributed by atoms with Crippen LogP contribution in [0.25, 0.3) is 0 Å². The molecule has 0 aromatic rings. The van der Waals surface area contributed by atoms with Gasteiger partial charge in [-0.25, -0.2) is 8.93 Å². The first-order valence-corrected chi connectivity index (χ1v) is 13.1. The van der Waals surface area contributed by atoms with Gasteiger partial charge in [-0.1, -0.05) is 44.9 Å². The Morgan fingerprint density at radius 1 is 0.821 bits per heavy atom. The number of rotatable bonds is 2. The van der Waals surface area contributed by atoms with Crippen LogP contribution < -0.4 is 4.72 Å². The van der Waals surface area contributed by atoms with Crippen LogP contribution in [0.3, 0.4) is 0 Å². The van der Waals surface area contributed by atoms with Crippen LogP contribution in [-0.2, 0) is 15.8 Å². The fourth-order valence-corrected chi connectivity index (χ4v) is 7.21. The van der Waals surface area contributed by atoms with E-state index in [-0.39, 0.29) is 10.2 Å². The molecule has 0 saturated heterocycles. The highest BCUT2D eigenvalue weighted by Gasteiger charge is 2.44. The summed E-state index contributed by atoms with van der Waals surface area (Å²) in [6.45, 7) is 6.16. The number of Topliss-reactive ketones (excluding diaryl/α,β-unsaturated/α-hetero) is 1. The van der Waals surface area contributed by atoms with Gasteiger partial charge in [-0.05, 0) is 77.6 Å². The van der Waals surface area contributed by atoms with Crippen LogP contribution >= 0.6 is 0 Å². The lowest BCUT2D eigenvalue weighted by Gasteiger charge is -2.40. The molecule has 0 bridgehead atoms. The van der Waals surface area contributed by atoms with Gasteiger partial charge in [0.2, 0.25) is 0 Å². The van der Waals surface area contributed by atoms with Crippen molar-refractivity contribution in [2.45, 2.75) is 134 Å². The van der Waals surface area contributed by atoms with Crippen molar-refractivity contribution < 1.29 is 9.00 Å². The Labute approximate surface area is 175 Å². The number of hydrogen-bond acceptors (Lipinski definition) is 2. The lowest BCUT2D eigenvalue weighted by Crippen LogP contribution is -2.47. The lowest BCUT2D eigenvalue weighted by molar-refractivity contribution is -0.127. The minimum Gasteiger partial charge on any atom is -0.299 e. The van der Waals surface area contributed by atoms with Crippen LogP contribution in [0.15, 0.2) is 0 Å². The zero-order valence-electron chi connectivity index (χ0n) is 18.6. The SMILES string of the molecule is CC(C)(C)[S@@](=O)N[C@@H]1CCCC12CCCCC2.O=C1CCCC12CCCCC2. The molecular formula is C24H43NO2S. The second-order valence-electron chi connectivity index (χ2n) is 11.0. The third-order valence-electron chi connectivity index (χ3n) is 8.02. The average Bonchev–Trinajstić information content (AvgIpc) is 3.20. The lowest BCUT2D eigenvalue weighted by atomic mass is 9.71. The van der Waals surface area contributed by atoms with Crippen LogP contribution in [0.2, 0.25) is 0 Å². The largest absolute Gasteiger partial charge is 0.299 e. The topological polar surface area (TPSA) is 46.2 Å². The zero-order valence-corrected chi connectivity index (χ0v) is 19.4. The maximum Gasteiger partial charge on any atom is 0.139 e. The third-order valence-corrected chi connectivity index (χ3v) is 9.63. The van der Waals surface area contributed by atoms with Gasteiger partial charge < -0.3 is 0 Å². The number of carbonyl (C=O) groups is 1. The zero-order chi connectivity index (χ0) is 20.3. The Balaban J connectivity index is 0.000000176. The second-order valence-corrected chi connectivity index (χ2v) is 13.0. The third kappa shape index (κ3) is 5.09. The molecule has 4 saturated carbocycles. The van der Waals surface area contributed by atoms with Gasteiger partial charge in [-0.3, -0.25) is 4.79 Å². The van der Waals surface area contributed by atoms with Crippen LogP contribution in [0.1, 0.15) is 124 Å². The molecule has 4 rings (SSSR count). The van der Waals surface area contributed by atoms with Gasteiger partial charge in [0.15, 0.2) is 0 Å². The quantitative estimate of drug-likeness (QED) is 0.587. The van der Waals surface area contributed by atoms with Crippen molar-refractivity contribution in [1.82, 2.24) is 4.72 Å². The van der Waals surface area contributed by atoms with E-state index < -0.39 is 11.0 Å². The molecule has 4 aliphatic carbocycles. The highest BCUT2D eigenvalue weighted by atomic mass is 32.2. The number of hydrogen-bond donors (Lipinski definition) is 1. The molecule has 3 nitrogen and oxygen atoms in total. The normalized spacial score (nSPS) is 30.2. The number of carbonyl (C=O) groups excluding carboxylic acids is 1. The Hall–Kier alpha value is -0.220. The summed E-state index contributed by atoms with van der Waals surface area (Å²) < 4.78 is 15.6. The Kier molecular flexibility index (Phi) is 7.45. The molecule has 0 radical (unpaired) electrons. The van der Waals surface area contributed by atoms with Crippen molar-refractivity contribution >= 4 is 16.8 Å². The predicted octanol–water partition coefficient (Wildman–Crippen LogP) is 6.23. The second kappa shape index (κ2) is 9.29. The summed E-state index contributed by atoms with van der Waals surface area (Å²) in [6.07, 6.45) is 20.3. The van der Waals surface area contributed by atoms with E-state index in [0.29, 0.717) is 17.2 Å². The Morgan fingerprint density at radius 2 is 1.36 bits per heavy atom. The maximum atomic E-state index is 12.2. The highest BCUT2D eigenvalue weighted by Crippen LogP contribution is 2.49. The van der Waals surface area contributed by atoms with E-state index in [2.05, 4.69) is 25.5 Å². The molecule has 0 aliphatic heterocycles. The van der Waals surface area contributed by atoms with E-state index >= 15 is 0 Å². The first-order valence-electron chi connectivity index (χ1n) is 12.0. The van der Waals surface area contributed by atoms with Crippen molar-refractivity contribution in [3.63, 3.8) is 0 Å². The van der Waals surface area contributed by atoms with Gasteiger partial charge in [-0.2, -0.15) is 0 Å². The van der Waals surface area contributed by atoms with Crippen LogP contribution in [0.4, 0.5) is 0 Å². The molecule has 4 aliphatic rings. The molecule has 2 spiro atoms. The van der Waals surface area contributed by atoms with E-state index in [1.54, 1.807) is 0 Å². The smallest absolute Gasteiger partial charge is 0.139 e. The van der Waals surface area contributed by atoms with Gasteiger partial charge in [0.25, 0.3) is 0 Å². The van der Waals surface area contributed by atoms with Gasteiger partial charge in [0, 0.05) is 17.9 Å². The molecule has 0 amide bonds. The summed E-state index contributed by atoms with van der Waals surface area (Å²) in [7, 11) is -0.905. The Bertz CT molecular complexity index is 553. The molecule has 0 aromatic heterocycles. The molecule has 0 unspecified atom stereocenters. The van der Waals surface area contributed by atoms with E-state index in [0.717, 1.165) is 6.42 Å². The van der Waals surface area contributed by atoms with Crippen LogP contribution in [-0.4, -0.2) is 20.8 Å². The van der Waals surface area contributed by atoms with Gasteiger partial charge >= 0.3 is 0 Å². The van der Waals surface area contributed by atoms with Gasteiger partial charge in [-0.15, -0.1) is 0 Å². The van der Waals surface area contributed by atoms with Crippen LogP contribution in [0, 0.1) is 10.8 Å². The van der Waals surface area contributed by atoms with E-state index in [4.69, 9.17) is 0 Å². The number of nitrogens with one attached hydrogen (secondary N) is 1. The molecule has 0 aromatic carbocycles. The Morgan fingerprint density at radius 3 is 1.89 bits per heavy atom. The van der Waals surface area contributed by atoms with E-state index in [1.165, 1.54) is 96.3 Å². The molecular weight excluding hydrogens is 366 g/mol.